The fourth-order valence-electron chi connectivity index (χ4n) is 5.91. The molecule has 0 radical (unpaired) electrons. The van der Waals surface area contributed by atoms with E-state index >= 15 is 0 Å². The Kier molecular flexibility index (Phi) is 6.02. The second-order valence-corrected chi connectivity index (χ2v) is 11.3. The van der Waals surface area contributed by atoms with Gasteiger partial charge in [0.05, 0.1) is 5.70 Å². The van der Waals surface area contributed by atoms with Crippen molar-refractivity contribution in [3.8, 4) is 0 Å². The van der Waals surface area contributed by atoms with Crippen molar-refractivity contribution in [2.45, 2.75) is 39.2 Å². The number of nitrogens with zero attached hydrogens (tertiary/aromatic N) is 3. The summed E-state index contributed by atoms with van der Waals surface area (Å²) in [5.74, 6) is 0. The van der Waals surface area contributed by atoms with E-state index in [0.717, 1.165) is 54.9 Å². The third-order valence-electron chi connectivity index (χ3n) is 7.63. The van der Waals surface area contributed by atoms with E-state index in [9.17, 15) is 4.79 Å². The number of amides is 1. The number of hydrogen-bond donors (Lipinski definition) is 0. The van der Waals surface area contributed by atoms with Crippen molar-refractivity contribution < 1.29 is 9.53 Å². The van der Waals surface area contributed by atoms with E-state index < -0.39 is 5.60 Å². The van der Waals surface area contributed by atoms with Crippen LogP contribution in [-0.4, -0.2) is 43.3 Å². The van der Waals surface area contributed by atoms with E-state index in [-0.39, 0.29) is 6.09 Å². The molecule has 1 aliphatic carbocycles. The van der Waals surface area contributed by atoms with Crippen LogP contribution >= 0.6 is 0 Å². The lowest BCUT2D eigenvalue weighted by atomic mass is 10.0. The Hall–Kier alpha value is -3.99. The highest BCUT2D eigenvalue weighted by atomic mass is 16.6. The maximum Gasteiger partial charge on any atom is 0.414 e. The minimum absolute atomic E-state index is 0.340. The lowest BCUT2D eigenvalue weighted by Gasteiger charge is -2.28. The molecule has 194 valence electrons. The maximum absolute atomic E-state index is 13.5. The molecule has 0 N–H and O–H groups in total. The van der Waals surface area contributed by atoms with Crippen molar-refractivity contribution in [3.63, 3.8) is 0 Å². The average molecular weight is 506 g/mol. The highest BCUT2D eigenvalue weighted by molar-refractivity contribution is 6.03. The van der Waals surface area contributed by atoms with Crippen LogP contribution in [0.1, 0.15) is 43.0 Å². The first-order chi connectivity index (χ1) is 18.3. The Morgan fingerprint density at radius 2 is 1.47 bits per heavy atom. The molecule has 3 aromatic carbocycles. The van der Waals surface area contributed by atoms with Gasteiger partial charge in [-0.3, -0.25) is 4.90 Å². The molecule has 1 amide bonds. The van der Waals surface area contributed by atoms with Crippen molar-refractivity contribution in [1.82, 2.24) is 4.90 Å². The highest BCUT2D eigenvalue weighted by Crippen LogP contribution is 2.45. The Bertz CT molecular complexity index is 1460. The fraction of sp³-hybridized carbons (Fsp3) is 0.303. The van der Waals surface area contributed by atoms with Gasteiger partial charge in [-0.15, -0.1) is 0 Å². The predicted molar refractivity (Wildman–Crippen MR) is 155 cm³/mol. The normalized spacial score (nSPS) is 17.1. The zero-order valence-electron chi connectivity index (χ0n) is 22.7. The average Bonchev–Trinajstić information content (AvgIpc) is 3.58. The Morgan fingerprint density at radius 3 is 2.21 bits per heavy atom. The van der Waals surface area contributed by atoms with Crippen LogP contribution in [0.5, 0.6) is 0 Å². The molecule has 2 heterocycles. The van der Waals surface area contributed by atoms with Crippen molar-refractivity contribution in [2.75, 3.05) is 36.5 Å². The van der Waals surface area contributed by atoms with Gasteiger partial charge in [-0.25, -0.2) is 4.79 Å². The maximum atomic E-state index is 13.5. The number of anilines is 2. The minimum Gasteiger partial charge on any atom is -0.443 e. The van der Waals surface area contributed by atoms with Gasteiger partial charge in [0.1, 0.15) is 5.60 Å². The Labute approximate surface area is 225 Å². The summed E-state index contributed by atoms with van der Waals surface area (Å²) in [5, 5.41) is 0. The van der Waals surface area contributed by atoms with Gasteiger partial charge in [-0.2, -0.15) is 0 Å². The van der Waals surface area contributed by atoms with Gasteiger partial charge in [0.15, 0.2) is 0 Å². The fourth-order valence-corrected chi connectivity index (χ4v) is 5.91. The zero-order valence-corrected chi connectivity index (χ0v) is 22.7. The molecule has 0 fully saturated rings. The van der Waals surface area contributed by atoms with Crippen LogP contribution in [-0.2, 0) is 17.6 Å². The highest BCUT2D eigenvalue weighted by Gasteiger charge is 2.35. The van der Waals surface area contributed by atoms with Gasteiger partial charge in [-0.1, -0.05) is 60.7 Å². The molecule has 0 spiro atoms. The molecule has 0 atom stereocenters. The smallest absolute Gasteiger partial charge is 0.414 e. The van der Waals surface area contributed by atoms with Crippen LogP contribution in [0.25, 0.3) is 11.1 Å². The first-order valence-electron chi connectivity index (χ1n) is 13.5. The van der Waals surface area contributed by atoms with Gasteiger partial charge in [0.2, 0.25) is 0 Å². The van der Waals surface area contributed by atoms with Gasteiger partial charge in [0, 0.05) is 55.4 Å². The molecule has 0 unspecified atom stereocenters. The van der Waals surface area contributed by atoms with Crippen LogP contribution in [0, 0.1) is 0 Å². The molecule has 38 heavy (non-hydrogen) atoms. The molecule has 3 aliphatic rings. The van der Waals surface area contributed by atoms with Crippen LogP contribution in [0.15, 0.2) is 84.7 Å². The summed E-state index contributed by atoms with van der Waals surface area (Å²) < 4.78 is 5.86. The van der Waals surface area contributed by atoms with Crippen LogP contribution in [0.4, 0.5) is 16.2 Å². The second-order valence-electron chi connectivity index (χ2n) is 11.3. The molecule has 2 aliphatic heterocycles. The van der Waals surface area contributed by atoms with Gasteiger partial charge in [0.25, 0.3) is 0 Å². The van der Waals surface area contributed by atoms with E-state index in [1.54, 1.807) is 4.90 Å². The molecule has 0 saturated heterocycles. The summed E-state index contributed by atoms with van der Waals surface area (Å²) >= 11 is 0. The molecule has 5 nitrogen and oxygen atoms in total. The lowest BCUT2D eigenvalue weighted by Crippen LogP contribution is -2.35. The number of carbonyl (C=O) groups excluding carboxylic acids is 1. The number of benzene rings is 3. The van der Waals surface area contributed by atoms with E-state index in [1.165, 1.54) is 28.1 Å². The summed E-state index contributed by atoms with van der Waals surface area (Å²) in [6.07, 6.45) is 3.95. The van der Waals surface area contributed by atoms with E-state index in [0.29, 0.717) is 0 Å². The predicted octanol–water partition coefficient (Wildman–Crippen LogP) is 6.74. The molecule has 0 saturated carbocycles. The van der Waals surface area contributed by atoms with Gasteiger partial charge >= 0.3 is 6.09 Å². The Morgan fingerprint density at radius 1 is 0.868 bits per heavy atom. The van der Waals surface area contributed by atoms with Crippen molar-refractivity contribution >= 4 is 28.6 Å². The number of rotatable bonds is 4. The molecular formula is C33H35N3O2. The number of hydrogen-bond acceptors (Lipinski definition) is 4. The van der Waals surface area contributed by atoms with Gasteiger partial charge < -0.3 is 14.5 Å². The largest absolute Gasteiger partial charge is 0.443 e. The van der Waals surface area contributed by atoms with Gasteiger partial charge in [-0.05, 0) is 68.0 Å². The monoisotopic (exact) mass is 505 g/mol. The first-order valence-corrected chi connectivity index (χ1v) is 13.5. The van der Waals surface area contributed by atoms with Crippen molar-refractivity contribution in [3.05, 3.63) is 107 Å². The number of para-hydroxylation sites is 2. The standard InChI is InChI=1S/C33H35N3O2/c1-33(2,3)38-32(37)34(4)31-27(21-35-19-17-23-11-5-9-15-29(23)35)25-13-7-8-14-26(25)28(31)22-36-20-18-24-12-6-10-16-30(24)36/h5-16,21H,17-20,22H2,1-4H3/b27-21+. The lowest BCUT2D eigenvalue weighted by molar-refractivity contribution is 0.0362. The van der Waals surface area contributed by atoms with Crippen molar-refractivity contribution in [1.29, 1.82) is 0 Å². The summed E-state index contributed by atoms with van der Waals surface area (Å²) in [6, 6.07) is 25.8. The third-order valence-corrected chi connectivity index (χ3v) is 7.63. The van der Waals surface area contributed by atoms with Crippen LogP contribution < -0.4 is 9.80 Å². The second kappa shape index (κ2) is 9.39. The SMILES string of the molecule is CN(C(=O)OC(C)(C)C)C1=C(CN2CCc3ccccc32)c2ccccc2/C1=C\N1CCc2ccccc21. The van der Waals surface area contributed by atoms with Crippen LogP contribution in [0.3, 0.4) is 0 Å². The number of ether oxygens (including phenoxy) is 1. The topological polar surface area (TPSA) is 36.0 Å². The molecule has 6 rings (SSSR count). The number of allylic oxidation sites excluding steroid dienone is 1. The molecule has 3 aromatic rings. The van der Waals surface area contributed by atoms with E-state index in [4.69, 9.17) is 4.74 Å². The first kappa shape index (κ1) is 24.4. The Balaban J connectivity index is 1.48. The molecule has 0 bridgehead atoms. The quantitative estimate of drug-likeness (QED) is 0.393. The van der Waals surface area contributed by atoms with Crippen molar-refractivity contribution in [2.24, 2.45) is 0 Å². The van der Waals surface area contributed by atoms with E-state index in [2.05, 4.69) is 88.8 Å². The summed E-state index contributed by atoms with van der Waals surface area (Å²) in [7, 11) is 1.85. The number of carbonyl (C=O) groups is 1. The van der Waals surface area contributed by atoms with E-state index in [1.807, 2.05) is 27.8 Å². The molecule has 5 heteroatoms. The third kappa shape index (κ3) is 4.36. The number of likely N-dealkylation sites (N-methyl/N-ethyl adjacent to an activating group) is 1. The summed E-state index contributed by atoms with van der Waals surface area (Å²) in [5.41, 5.74) is 10.2. The minimum atomic E-state index is -0.580. The number of fused-ring (bicyclic) bond motifs is 3. The molecule has 0 aromatic heterocycles. The molecular weight excluding hydrogens is 470 g/mol. The summed E-state index contributed by atoms with van der Waals surface area (Å²) in [4.78, 5) is 20.0. The van der Waals surface area contributed by atoms with Crippen LogP contribution in [0.2, 0.25) is 0 Å². The zero-order chi connectivity index (χ0) is 26.4. The summed E-state index contributed by atoms with van der Waals surface area (Å²) in [6.45, 7) is 8.35.